The summed E-state index contributed by atoms with van der Waals surface area (Å²) >= 11 is 0. The molecule has 4 nitrogen and oxygen atoms in total. The van der Waals surface area contributed by atoms with E-state index in [9.17, 15) is 14.7 Å². The first-order chi connectivity index (χ1) is 11.0. The second-order valence-corrected chi connectivity index (χ2v) is 7.18. The average molecular weight is 326 g/mol. The van der Waals surface area contributed by atoms with Crippen LogP contribution in [0.2, 0.25) is 0 Å². The van der Waals surface area contributed by atoms with Crippen LogP contribution >= 0.6 is 0 Å². The minimum atomic E-state index is -0.865. The summed E-state index contributed by atoms with van der Waals surface area (Å²) in [6.45, 7) is 6.59. The number of carbonyl (C=O) groups is 2. The lowest BCUT2D eigenvalue weighted by atomic mass is 9.89. The molecular formula is C19H34O4. The number of hydrogen-bond acceptors (Lipinski definition) is 3. The fourth-order valence-electron chi connectivity index (χ4n) is 3.64. The van der Waals surface area contributed by atoms with E-state index in [0.29, 0.717) is 13.0 Å². The Morgan fingerprint density at radius 3 is 2.13 bits per heavy atom. The van der Waals surface area contributed by atoms with E-state index in [1.54, 1.807) is 0 Å². The molecule has 1 rings (SSSR count). The SMILES string of the molecule is CCCCCCCCCCOC(=O)C1CC(C)C(C)C1C(=O)O. The third kappa shape index (κ3) is 6.52. The highest BCUT2D eigenvalue weighted by Crippen LogP contribution is 2.42. The van der Waals surface area contributed by atoms with Gasteiger partial charge in [-0.25, -0.2) is 0 Å². The smallest absolute Gasteiger partial charge is 0.309 e. The molecule has 0 amide bonds. The first-order valence-electron chi connectivity index (χ1n) is 9.38. The van der Waals surface area contributed by atoms with Gasteiger partial charge in [0.05, 0.1) is 18.4 Å². The van der Waals surface area contributed by atoms with E-state index in [1.807, 2.05) is 13.8 Å². The number of carboxylic acid groups (broad SMARTS) is 1. The Kier molecular flexibility index (Phi) is 9.27. The van der Waals surface area contributed by atoms with E-state index in [2.05, 4.69) is 6.92 Å². The summed E-state index contributed by atoms with van der Waals surface area (Å²) in [5, 5.41) is 9.34. The maximum Gasteiger partial charge on any atom is 0.309 e. The van der Waals surface area contributed by atoms with Gasteiger partial charge in [0.15, 0.2) is 0 Å². The minimum Gasteiger partial charge on any atom is -0.481 e. The molecule has 4 unspecified atom stereocenters. The summed E-state index contributed by atoms with van der Waals surface area (Å²) in [7, 11) is 0. The Labute approximate surface area is 141 Å². The predicted octanol–water partition coefficient (Wildman–Crippen LogP) is 4.66. The fraction of sp³-hybridized carbons (Fsp3) is 0.895. The quantitative estimate of drug-likeness (QED) is 0.443. The molecule has 1 N–H and O–H groups in total. The molecule has 1 saturated carbocycles. The van der Waals surface area contributed by atoms with Crippen molar-refractivity contribution in [2.45, 2.75) is 78.6 Å². The number of hydrogen-bond donors (Lipinski definition) is 1. The highest BCUT2D eigenvalue weighted by molar-refractivity contribution is 5.82. The molecular weight excluding hydrogens is 292 g/mol. The number of aliphatic carboxylic acids is 1. The standard InChI is InChI=1S/C19H34O4/c1-4-5-6-7-8-9-10-11-12-23-19(22)16-13-14(2)15(3)17(16)18(20)21/h14-17H,4-13H2,1-3H3,(H,20,21). The Morgan fingerprint density at radius 1 is 1.00 bits per heavy atom. The summed E-state index contributed by atoms with van der Waals surface area (Å²) < 4.78 is 5.35. The van der Waals surface area contributed by atoms with Crippen LogP contribution in [0.15, 0.2) is 0 Å². The van der Waals surface area contributed by atoms with Crippen molar-refractivity contribution >= 4 is 11.9 Å². The van der Waals surface area contributed by atoms with Crippen LogP contribution in [0, 0.1) is 23.7 Å². The molecule has 4 heteroatoms. The Balaban J connectivity index is 2.17. The van der Waals surface area contributed by atoms with Crippen molar-refractivity contribution in [1.29, 1.82) is 0 Å². The van der Waals surface area contributed by atoms with Crippen molar-refractivity contribution in [3.63, 3.8) is 0 Å². The van der Waals surface area contributed by atoms with Gasteiger partial charge in [0.1, 0.15) is 0 Å². The van der Waals surface area contributed by atoms with E-state index in [0.717, 1.165) is 12.8 Å². The summed E-state index contributed by atoms with van der Waals surface area (Å²) in [6, 6.07) is 0. The van der Waals surface area contributed by atoms with Crippen LogP contribution in [-0.4, -0.2) is 23.7 Å². The zero-order chi connectivity index (χ0) is 17.2. The third-order valence-corrected chi connectivity index (χ3v) is 5.35. The molecule has 0 aromatic carbocycles. The Bertz CT molecular complexity index is 366. The molecule has 0 aliphatic heterocycles. The van der Waals surface area contributed by atoms with Crippen LogP contribution in [0.1, 0.15) is 78.6 Å². The van der Waals surface area contributed by atoms with Crippen LogP contribution in [0.5, 0.6) is 0 Å². The lowest BCUT2D eigenvalue weighted by molar-refractivity contribution is -0.157. The van der Waals surface area contributed by atoms with Gasteiger partial charge in [0.25, 0.3) is 0 Å². The molecule has 0 spiro atoms. The molecule has 0 saturated heterocycles. The van der Waals surface area contributed by atoms with Crippen LogP contribution in [-0.2, 0) is 14.3 Å². The number of esters is 1. The molecule has 0 radical (unpaired) electrons. The van der Waals surface area contributed by atoms with Gasteiger partial charge < -0.3 is 9.84 Å². The molecule has 0 heterocycles. The van der Waals surface area contributed by atoms with E-state index < -0.39 is 17.8 Å². The molecule has 23 heavy (non-hydrogen) atoms. The second kappa shape index (κ2) is 10.7. The molecule has 1 aliphatic carbocycles. The highest BCUT2D eigenvalue weighted by atomic mass is 16.5. The predicted molar refractivity (Wildman–Crippen MR) is 91.1 cm³/mol. The van der Waals surface area contributed by atoms with Crippen molar-refractivity contribution in [2.75, 3.05) is 6.61 Å². The summed E-state index contributed by atoms with van der Waals surface area (Å²) in [5.41, 5.74) is 0. The van der Waals surface area contributed by atoms with Crippen LogP contribution in [0.3, 0.4) is 0 Å². The van der Waals surface area contributed by atoms with E-state index in [-0.39, 0.29) is 17.8 Å². The zero-order valence-corrected chi connectivity index (χ0v) is 15.1. The summed E-state index contributed by atoms with van der Waals surface area (Å²) in [5.74, 6) is -1.93. The van der Waals surface area contributed by atoms with Gasteiger partial charge in [-0.3, -0.25) is 9.59 Å². The molecule has 1 fully saturated rings. The van der Waals surface area contributed by atoms with E-state index in [1.165, 1.54) is 38.5 Å². The van der Waals surface area contributed by atoms with Crippen molar-refractivity contribution in [1.82, 2.24) is 0 Å². The normalized spacial score (nSPS) is 27.1. The van der Waals surface area contributed by atoms with Gasteiger partial charge in [-0.15, -0.1) is 0 Å². The van der Waals surface area contributed by atoms with E-state index in [4.69, 9.17) is 4.74 Å². The van der Waals surface area contributed by atoms with Crippen LogP contribution in [0.25, 0.3) is 0 Å². The van der Waals surface area contributed by atoms with Crippen LogP contribution in [0.4, 0.5) is 0 Å². The maximum atomic E-state index is 12.2. The number of ether oxygens (including phenoxy) is 1. The van der Waals surface area contributed by atoms with Gasteiger partial charge >= 0.3 is 11.9 Å². The first kappa shape index (κ1) is 20.0. The summed E-state index contributed by atoms with van der Waals surface area (Å²) in [4.78, 5) is 23.6. The first-order valence-corrected chi connectivity index (χ1v) is 9.38. The molecule has 0 aromatic heterocycles. The molecule has 0 bridgehead atoms. The van der Waals surface area contributed by atoms with Gasteiger partial charge in [-0.05, 0) is 24.7 Å². The fourth-order valence-corrected chi connectivity index (χ4v) is 3.64. The van der Waals surface area contributed by atoms with E-state index >= 15 is 0 Å². The van der Waals surface area contributed by atoms with Gasteiger partial charge in [-0.1, -0.05) is 65.7 Å². The topological polar surface area (TPSA) is 63.6 Å². The third-order valence-electron chi connectivity index (χ3n) is 5.35. The maximum absolute atomic E-state index is 12.2. The van der Waals surface area contributed by atoms with Crippen molar-refractivity contribution < 1.29 is 19.4 Å². The second-order valence-electron chi connectivity index (χ2n) is 7.18. The number of rotatable bonds is 11. The van der Waals surface area contributed by atoms with Crippen molar-refractivity contribution in [2.24, 2.45) is 23.7 Å². The number of unbranched alkanes of at least 4 members (excludes halogenated alkanes) is 7. The summed E-state index contributed by atoms with van der Waals surface area (Å²) in [6.07, 6.45) is 10.3. The van der Waals surface area contributed by atoms with Crippen molar-refractivity contribution in [3.8, 4) is 0 Å². The average Bonchev–Trinajstić information content (AvgIpc) is 2.81. The lowest BCUT2D eigenvalue weighted by Gasteiger charge is -2.17. The molecule has 0 aromatic rings. The Morgan fingerprint density at radius 2 is 1.57 bits per heavy atom. The zero-order valence-electron chi connectivity index (χ0n) is 15.1. The number of carboxylic acids is 1. The molecule has 4 atom stereocenters. The van der Waals surface area contributed by atoms with Crippen LogP contribution < -0.4 is 0 Å². The van der Waals surface area contributed by atoms with Gasteiger partial charge in [0.2, 0.25) is 0 Å². The Hall–Kier alpha value is -1.06. The minimum absolute atomic E-state index is 0.0353. The van der Waals surface area contributed by atoms with Crippen molar-refractivity contribution in [3.05, 3.63) is 0 Å². The highest BCUT2D eigenvalue weighted by Gasteiger charge is 2.47. The molecule has 1 aliphatic rings. The van der Waals surface area contributed by atoms with Gasteiger partial charge in [0, 0.05) is 0 Å². The molecule has 134 valence electrons. The lowest BCUT2D eigenvalue weighted by Crippen LogP contribution is -2.30. The van der Waals surface area contributed by atoms with Gasteiger partial charge in [-0.2, -0.15) is 0 Å². The number of carbonyl (C=O) groups excluding carboxylic acids is 1. The monoisotopic (exact) mass is 326 g/mol. The largest absolute Gasteiger partial charge is 0.481 e.